The Hall–Kier alpha value is -5.11. The lowest BCUT2D eigenvalue weighted by Crippen LogP contribution is -2.43. The number of piperidine rings is 1. The minimum atomic E-state index is -0.271. The van der Waals surface area contributed by atoms with E-state index in [-0.39, 0.29) is 29.5 Å². The molecule has 1 unspecified atom stereocenters. The third-order valence-electron chi connectivity index (χ3n) is 8.24. The second-order valence-corrected chi connectivity index (χ2v) is 11.0. The highest BCUT2D eigenvalue weighted by atomic mass is 16.2. The molecule has 2 saturated carbocycles. The second-order valence-electron chi connectivity index (χ2n) is 11.0. The molecule has 11 heteroatoms. The van der Waals surface area contributed by atoms with Crippen molar-refractivity contribution >= 4 is 34.5 Å². The summed E-state index contributed by atoms with van der Waals surface area (Å²) in [5.74, 6) is 0.986. The summed E-state index contributed by atoms with van der Waals surface area (Å²) in [6, 6.07) is 14.4. The molecule has 41 heavy (non-hydrogen) atoms. The number of hydrogen-bond acceptors (Lipinski definition) is 8. The van der Waals surface area contributed by atoms with E-state index < -0.39 is 0 Å². The fourth-order valence-electron chi connectivity index (χ4n) is 6.13. The number of carbonyl (C=O) groups is 2. The lowest BCUT2D eigenvalue weighted by atomic mass is 10.0. The number of amides is 2. The Balaban J connectivity index is 1.20. The molecule has 2 bridgehead atoms. The van der Waals surface area contributed by atoms with Gasteiger partial charge in [-0.3, -0.25) is 9.59 Å². The van der Waals surface area contributed by atoms with Crippen LogP contribution in [-0.2, 0) is 4.79 Å². The van der Waals surface area contributed by atoms with Gasteiger partial charge in [-0.1, -0.05) is 24.3 Å². The number of allylic oxidation sites excluding steroid dienone is 1. The molecule has 3 fully saturated rings. The number of nitriles is 1. The Bertz CT molecular complexity index is 1740. The first kappa shape index (κ1) is 24.9. The van der Waals surface area contributed by atoms with Gasteiger partial charge in [0.2, 0.25) is 0 Å². The molecule has 1 aromatic carbocycles. The van der Waals surface area contributed by atoms with Gasteiger partial charge >= 0.3 is 0 Å². The highest BCUT2D eigenvalue weighted by Crippen LogP contribution is 2.47. The number of hydrogen-bond donors (Lipinski definition) is 2. The van der Waals surface area contributed by atoms with E-state index in [0.29, 0.717) is 52.3 Å². The molecule has 4 aromatic rings. The maximum absolute atomic E-state index is 13.4. The maximum Gasteiger partial charge on any atom is 0.264 e. The van der Waals surface area contributed by atoms with Crippen LogP contribution in [0.25, 0.3) is 22.3 Å². The van der Waals surface area contributed by atoms with Crippen molar-refractivity contribution in [2.75, 3.05) is 17.6 Å². The highest BCUT2D eigenvalue weighted by molar-refractivity contribution is 6.04. The molecule has 3 N–H and O–H groups in total. The molecule has 7 rings (SSSR count). The fourth-order valence-corrected chi connectivity index (χ4v) is 6.13. The van der Waals surface area contributed by atoms with Crippen molar-refractivity contribution in [3.63, 3.8) is 0 Å². The summed E-state index contributed by atoms with van der Waals surface area (Å²) in [6.45, 7) is 0.648. The van der Waals surface area contributed by atoms with Gasteiger partial charge in [0.05, 0.1) is 17.5 Å². The summed E-state index contributed by atoms with van der Waals surface area (Å²) in [4.78, 5) is 40.9. The van der Waals surface area contributed by atoms with Gasteiger partial charge in [-0.15, -0.1) is 0 Å². The Morgan fingerprint density at radius 3 is 2.56 bits per heavy atom. The molecule has 3 aliphatic rings. The van der Waals surface area contributed by atoms with Crippen molar-refractivity contribution in [1.29, 1.82) is 5.26 Å². The molecule has 0 radical (unpaired) electrons. The molecule has 11 nitrogen and oxygen atoms in total. The van der Waals surface area contributed by atoms with E-state index in [1.165, 1.54) is 6.33 Å². The van der Waals surface area contributed by atoms with E-state index in [2.05, 4.69) is 26.3 Å². The van der Waals surface area contributed by atoms with Crippen molar-refractivity contribution < 1.29 is 9.59 Å². The average molecular weight is 546 g/mol. The van der Waals surface area contributed by atoms with Crippen LogP contribution in [0.5, 0.6) is 0 Å². The van der Waals surface area contributed by atoms with Gasteiger partial charge in [-0.05, 0) is 61.8 Å². The Kier molecular flexibility index (Phi) is 5.96. The van der Waals surface area contributed by atoms with Gasteiger partial charge in [0.25, 0.3) is 11.8 Å². The third kappa shape index (κ3) is 4.47. The van der Waals surface area contributed by atoms with E-state index >= 15 is 0 Å². The summed E-state index contributed by atoms with van der Waals surface area (Å²) < 4.78 is 1.88. The number of carbonyl (C=O) groups excluding carboxylic acids is 2. The average Bonchev–Trinajstić information content (AvgIpc) is 3.39. The Morgan fingerprint density at radius 1 is 1.05 bits per heavy atom. The summed E-state index contributed by atoms with van der Waals surface area (Å²) >= 11 is 0. The van der Waals surface area contributed by atoms with Crippen LogP contribution in [0.2, 0.25) is 0 Å². The summed E-state index contributed by atoms with van der Waals surface area (Å²) in [5.41, 5.74) is 9.04. The van der Waals surface area contributed by atoms with Crippen LogP contribution in [0.3, 0.4) is 0 Å². The summed E-state index contributed by atoms with van der Waals surface area (Å²) in [6.07, 6.45) is 8.65. The highest BCUT2D eigenvalue weighted by Gasteiger charge is 2.49. The largest absolute Gasteiger partial charge is 0.383 e. The number of rotatable bonds is 6. The predicted molar refractivity (Wildman–Crippen MR) is 151 cm³/mol. The molecule has 1 saturated heterocycles. The molecule has 0 spiro atoms. The maximum atomic E-state index is 13.4. The van der Waals surface area contributed by atoms with Crippen LogP contribution in [0.15, 0.2) is 66.6 Å². The molecule has 3 aromatic heterocycles. The monoisotopic (exact) mass is 545 g/mol. The zero-order valence-corrected chi connectivity index (χ0v) is 22.1. The summed E-state index contributed by atoms with van der Waals surface area (Å²) in [7, 11) is 0. The van der Waals surface area contributed by atoms with Gasteiger partial charge in [-0.2, -0.15) is 10.4 Å². The minimum absolute atomic E-state index is 0.0896. The molecule has 3 atom stereocenters. The number of likely N-dealkylation sites (tertiary alicyclic amines) is 1. The predicted octanol–water partition coefficient (Wildman–Crippen LogP) is 3.74. The van der Waals surface area contributed by atoms with Gasteiger partial charge in [-0.25, -0.2) is 19.6 Å². The zero-order valence-electron chi connectivity index (χ0n) is 22.1. The first-order chi connectivity index (χ1) is 20.0. The van der Waals surface area contributed by atoms with Gasteiger partial charge in [0, 0.05) is 23.9 Å². The van der Waals surface area contributed by atoms with Gasteiger partial charge in [0.1, 0.15) is 35.3 Å². The van der Waals surface area contributed by atoms with Crippen molar-refractivity contribution in [2.24, 2.45) is 11.8 Å². The Morgan fingerprint density at radius 2 is 1.85 bits per heavy atom. The smallest absolute Gasteiger partial charge is 0.264 e. The number of benzene rings is 1. The van der Waals surface area contributed by atoms with Gasteiger partial charge in [0.15, 0.2) is 5.65 Å². The van der Waals surface area contributed by atoms with Crippen molar-refractivity contribution in [2.45, 2.75) is 37.8 Å². The molecule has 204 valence electrons. The van der Waals surface area contributed by atoms with Crippen LogP contribution >= 0.6 is 0 Å². The SMILES string of the molecule is N#CC(=CC1CC1)C(=O)N1C[C@H]2CC(n3nc(-c4ccc(C(=O)Nc5ccccn5)cc4)c4c(N)ncnc43)[C@H]1C2. The Labute approximate surface area is 235 Å². The van der Waals surface area contributed by atoms with Crippen LogP contribution in [-0.4, -0.2) is 54.0 Å². The van der Waals surface area contributed by atoms with E-state index in [0.717, 1.165) is 31.2 Å². The molecule has 2 amide bonds. The molecule has 1 aliphatic heterocycles. The van der Waals surface area contributed by atoms with Crippen molar-refractivity contribution in [3.05, 3.63) is 72.2 Å². The van der Waals surface area contributed by atoms with E-state index in [1.807, 2.05) is 27.8 Å². The van der Waals surface area contributed by atoms with Crippen LogP contribution < -0.4 is 11.1 Å². The number of anilines is 2. The second kappa shape index (κ2) is 9.82. The van der Waals surface area contributed by atoms with Crippen molar-refractivity contribution in [3.8, 4) is 17.3 Å². The lowest BCUT2D eigenvalue weighted by molar-refractivity contribution is -0.129. The van der Waals surface area contributed by atoms with Crippen LogP contribution in [0, 0.1) is 23.2 Å². The third-order valence-corrected chi connectivity index (χ3v) is 8.24. The number of pyridine rings is 1. The molecule has 2 aliphatic carbocycles. The summed E-state index contributed by atoms with van der Waals surface area (Å²) in [5, 5.41) is 18.1. The molecule has 4 heterocycles. The zero-order chi connectivity index (χ0) is 28.1. The number of fused-ring (bicyclic) bond motifs is 3. The molecular weight excluding hydrogens is 518 g/mol. The van der Waals surface area contributed by atoms with Crippen molar-refractivity contribution in [1.82, 2.24) is 29.6 Å². The van der Waals surface area contributed by atoms with E-state index in [1.54, 1.807) is 36.5 Å². The number of nitrogens with zero attached hydrogens (tertiary/aromatic N) is 7. The topological polar surface area (TPSA) is 156 Å². The van der Waals surface area contributed by atoms with E-state index in [9.17, 15) is 14.9 Å². The van der Waals surface area contributed by atoms with E-state index in [4.69, 9.17) is 10.8 Å². The van der Waals surface area contributed by atoms with Gasteiger partial charge < -0.3 is 16.0 Å². The lowest BCUT2D eigenvalue weighted by Gasteiger charge is -2.33. The number of nitrogens with two attached hydrogens (primary N) is 1. The standard InChI is InChI=1S/C30H27N9O2/c31-14-21(11-17-4-5-17)30(41)38-15-18-12-22(38)23(13-18)39-28-25(27(32)34-16-35-28)26(37-39)19-6-8-20(9-7-19)29(40)36-24-3-1-2-10-33-24/h1-3,6-11,16-18,22-23H,4-5,12-13,15H2,(H2,32,34,35)(H,33,36,40)/t18-,22-,23?/m1/s1. The minimum Gasteiger partial charge on any atom is -0.383 e. The normalized spacial score (nSPS) is 21.7. The van der Waals surface area contributed by atoms with Crippen LogP contribution in [0.1, 0.15) is 42.1 Å². The number of aromatic nitrogens is 5. The molecular formula is C30H27N9O2. The number of nitrogen functional groups attached to an aromatic ring is 1. The first-order valence-electron chi connectivity index (χ1n) is 13.7. The van der Waals surface area contributed by atoms with Crippen LogP contribution in [0.4, 0.5) is 11.6 Å². The quantitative estimate of drug-likeness (QED) is 0.274. The number of nitrogens with one attached hydrogen (secondary N) is 1. The first-order valence-corrected chi connectivity index (χ1v) is 13.7. The fraction of sp³-hybridized carbons (Fsp3) is 0.300.